The van der Waals surface area contributed by atoms with Crippen LogP contribution in [0.25, 0.3) is 0 Å². The lowest BCUT2D eigenvalue weighted by atomic mass is 10.1. The van der Waals surface area contributed by atoms with Crippen LogP contribution in [0.4, 0.5) is 5.69 Å². The summed E-state index contributed by atoms with van der Waals surface area (Å²) in [4.78, 5) is 11.5. The van der Waals surface area contributed by atoms with Crippen LogP contribution in [-0.4, -0.2) is 41.6 Å². The van der Waals surface area contributed by atoms with Crippen molar-refractivity contribution in [2.75, 3.05) is 25.1 Å². The van der Waals surface area contributed by atoms with Gasteiger partial charge in [-0.05, 0) is 26.2 Å². The van der Waals surface area contributed by atoms with Gasteiger partial charge in [0.1, 0.15) is 6.61 Å². The molecule has 0 aromatic carbocycles. The third-order valence-corrected chi connectivity index (χ3v) is 3.02. The molecule has 6 heteroatoms. The molecule has 1 atom stereocenters. The quantitative estimate of drug-likeness (QED) is 0.846. The average molecular weight is 267 g/mol. The molecule has 1 aliphatic heterocycles. The van der Waals surface area contributed by atoms with E-state index < -0.39 is 0 Å². The summed E-state index contributed by atoms with van der Waals surface area (Å²) < 4.78 is 12.5. The van der Waals surface area contributed by atoms with E-state index in [4.69, 9.17) is 9.47 Å². The van der Waals surface area contributed by atoms with Gasteiger partial charge in [0.25, 0.3) is 0 Å². The third kappa shape index (κ3) is 4.65. The first-order valence-corrected chi connectivity index (χ1v) is 6.79. The predicted molar refractivity (Wildman–Crippen MR) is 70.9 cm³/mol. The fraction of sp³-hybridized carbons (Fsp3) is 0.692. The van der Waals surface area contributed by atoms with E-state index in [1.807, 2.05) is 17.8 Å². The van der Waals surface area contributed by atoms with Crippen molar-refractivity contribution >= 4 is 11.6 Å². The Morgan fingerprint density at radius 3 is 3.26 bits per heavy atom. The number of hydrogen-bond donors (Lipinski definition) is 1. The van der Waals surface area contributed by atoms with E-state index in [-0.39, 0.29) is 18.6 Å². The van der Waals surface area contributed by atoms with Gasteiger partial charge in [-0.2, -0.15) is 5.10 Å². The van der Waals surface area contributed by atoms with E-state index in [1.54, 1.807) is 6.20 Å². The number of nitrogens with zero attached hydrogens (tertiary/aromatic N) is 2. The fourth-order valence-electron chi connectivity index (χ4n) is 2.08. The third-order valence-electron chi connectivity index (χ3n) is 3.02. The number of ether oxygens (including phenoxy) is 2. The molecule has 2 rings (SSSR count). The molecule has 1 aromatic heterocycles. The number of carbonyl (C=O) groups excluding carboxylic acids is 1. The van der Waals surface area contributed by atoms with Crippen molar-refractivity contribution < 1.29 is 14.3 Å². The van der Waals surface area contributed by atoms with E-state index in [9.17, 15) is 4.79 Å². The van der Waals surface area contributed by atoms with Gasteiger partial charge in [0.15, 0.2) is 0 Å². The Hall–Kier alpha value is -1.40. The molecule has 0 radical (unpaired) electrons. The highest BCUT2D eigenvalue weighted by Gasteiger charge is 2.15. The summed E-state index contributed by atoms with van der Waals surface area (Å²) in [6.45, 7) is 4.04. The maximum absolute atomic E-state index is 11.5. The van der Waals surface area contributed by atoms with Crippen molar-refractivity contribution in [2.45, 2.75) is 38.8 Å². The Morgan fingerprint density at radius 1 is 1.63 bits per heavy atom. The van der Waals surface area contributed by atoms with Crippen molar-refractivity contribution in [3.8, 4) is 0 Å². The maximum atomic E-state index is 11.5. The van der Waals surface area contributed by atoms with Gasteiger partial charge < -0.3 is 14.8 Å². The number of aromatic nitrogens is 2. The molecular weight excluding hydrogens is 246 g/mol. The monoisotopic (exact) mass is 267 g/mol. The lowest BCUT2D eigenvalue weighted by Crippen LogP contribution is -2.24. The minimum absolute atomic E-state index is 0.0768. The fourth-order valence-corrected chi connectivity index (χ4v) is 2.08. The summed E-state index contributed by atoms with van der Waals surface area (Å²) in [5.41, 5.74) is 0.695. The van der Waals surface area contributed by atoms with Gasteiger partial charge in [-0.25, -0.2) is 0 Å². The second kappa shape index (κ2) is 7.25. The van der Waals surface area contributed by atoms with Crippen LogP contribution >= 0.6 is 0 Å². The zero-order valence-corrected chi connectivity index (χ0v) is 11.3. The van der Waals surface area contributed by atoms with Gasteiger partial charge in [-0.15, -0.1) is 0 Å². The Morgan fingerprint density at radius 2 is 2.53 bits per heavy atom. The van der Waals surface area contributed by atoms with Crippen LogP contribution in [-0.2, 0) is 20.8 Å². The molecule has 1 aromatic rings. The SMILES string of the molecule is CCOCC(=O)Nc1cnn(C[C@@H]2CCCCO2)c1. The smallest absolute Gasteiger partial charge is 0.250 e. The second-order valence-corrected chi connectivity index (χ2v) is 4.62. The number of anilines is 1. The first kappa shape index (κ1) is 14.0. The largest absolute Gasteiger partial charge is 0.376 e. The first-order chi connectivity index (χ1) is 9.28. The van der Waals surface area contributed by atoms with E-state index in [0.29, 0.717) is 12.3 Å². The summed E-state index contributed by atoms with van der Waals surface area (Å²) in [7, 11) is 0. The molecule has 0 bridgehead atoms. The summed E-state index contributed by atoms with van der Waals surface area (Å²) >= 11 is 0. The van der Waals surface area contributed by atoms with Crippen LogP contribution in [0.2, 0.25) is 0 Å². The van der Waals surface area contributed by atoms with Crippen molar-refractivity contribution in [3.05, 3.63) is 12.4 Å². The lowest BCUT2D eigenvalue weighted by Gasteiger charge is -2.22. The topological polar surface area (TPSA) is 65.4 Å². The zero-order chi connectivity index (χ0) is 13.5. The molecule has 1 saturated heterocycles. The van der Waals surface area contributed by atoms with Crippen LogP contribution in [0, 0.1) is 0 Å². The lowest BCUT2D eigenvalue weighted by molar-refractivity contribution is -0.120. The van der Waals surface area contributed by atoms with Crippen LogP contribution < -0.4 is 5.32 Å². The molecule has 0 unspecified atom stereocenters. The summed E-state index contributed by atoms with van der Waals surface area (Å²) in [5.74, 6) is -0.157. The highest BCUT2D eigenvalue weighted by molar-refractivity contribution is 5.91. The molecule has 0 spiro atoms. The molecule has 19 heavy (non-hydrogen) atoms. The zero-order valence-electron chi connectivity index (χ0n) is 11.3. The molecule has 1 aliphatic rings. The molecule has 0 aliphatic carbocycles. The standard InChI is InChI=1S/C13H21N3O3/c1-2-18-10-13(17)15-11-7-14-16(8-11)9-12-5-3-4-6-19-12/h7-8,12H,2-6,9-10H2,1H3,(H,15,17)/t12-/m0/s1. The second-order valence-electron chi connectivity index (χ2n) is 4.62. The normalized spacial score (nSPS) is 19.3. The van der Waals surface area contributed by atoms with Gasteiger partial charge in [0.2, 0.25) is 5.91 Å². The molecule has 0 saturated carbocycles. The highest BCUT2D eigenvalue weighted by Crippen LogP contribution is 2.15. The summed E-state index contributed by atoms with van der Waals surface area (Å²) in [6.07, 6.45) is 7.14. The Balaban J connectivity index is 1.79. The predicted octanol–water partition coefficient (Wildman–Crippen LogP) is 1.43. The highest BCUT2D eigenvalue weighted by atomic mass is 16.5. The molecule has 1 amide bonds. The Kier molecular flexibility index (Phi) is 5.35. The van der Waals surface area contributed by atoms with Crippen molar-refractivity contribution in [2.24, 2.45) is 0 Å². The first-order valence-electron chi connectivity index (χ1n) is 6.79. The minimum Gasteiger partial charge on any atom is -0.376 e. The van der Waals surface area contributed by atoms with Gasteiger partial charge in [0.05, 0.1) is 24.5 Å². The Labute approximate surface area is 113 Å². The van der Waals surface area contributed by atoms with E-state index in [0.717, 1.165) is 26.0 Å². The van der Waals surface area contributed by atoms with Gasteiger partial charge in [-0.3, -0.25) is 9.48 Å². The molecule has 2 heterocycles. The van der Waals surface area contributed by atoms with E-state index >= 15 is 0 Å². The summed E-state index contributed by atoms with van der Waals surface area (Å²) in [6, 6.07) is 0. The maximum Gasteiger partial charge on any atom is 0.250 e. The summed E-state index contributed by atoms with van der Waals surface area (Å²) in [5, 5.41) is 6.97. The molecular formula is C13H21N3O3. The van der Waals surface area contributed by atoms with Crippen molar-refractivity contribution in [1.29, 1.82) is 0 Å². The number of carbonyl (C=O) groups is 1. The molecule has 1 N–H and O–H groups in total. The van der Waals surface area contributed by atoms with Crippen molar-refractivity contribution in [1.82, 2.24) is 9.78 Å². The van der Waals surface area contributed by atoms with Crippen LogP contribution in [0.15, 0.2) is 12.4 Å². The average Bonchev–Trinajstić information content (AvgIpc) is 2.85. The van der Waals surface area contributed by atoms with Crippen molar-refractivity contribution in [3.63, 3.8) is 0 Å². The number of nitrogens with one attached hydrogen (secondary N) is 1. The Bertz CT molecular complexity index is 400. The van der Waals surface area contributed by atoms with E-state index in [1.165, 1.54) is 6.42 Å². The minimum atomic E-state index is -0.157. The number of hydrogen-bond acceptors (Lipinski definition) is 4. The van der Waals surface area contributed by atoms with Crippen LogP contribution in [0.5, 0.6) is 0 Å². The number of rotatable bonds is 6. The molecule has 1 fully saturated rings. The van der Waals surface area contributed by atoms with Gasteiger partial charge in [-0.1, -0.05) is 0 Å². The molecule has 106 valence electrons. The van der Waals surface area contributed by atoms with Gasteiger partial charge >= 0.3 is 0 Å². The van der Waals surface area contributed by atoms with Crippen LogP contribution in [0.3, 0.4) is 0 Å². The molecule has 6 nitrogen and oxygen atoms in total. The van der Waals surface area contributed by atoms with Crippen LogP contribution in [0.1, 0.15) is 26.2 Å². The van der Waals surface area contributed by atoms with E-state index in [2.05, 4.69) is 10.4 Å². The van der Waals surface area contributed by atoms with Gasteiger partial charge in [0, 0.05) is 19.4 Å². The number of amides is 1.